The molecule has 27 heavy (non-hydrogen) atoms. The quantitative estimate of drug-likeness (QED) is 0.704. The van der Waals surface area contributed by atoms with E-state index in [1.54, 1.807) is 0 Å². The standard InChI is InChI=1S/C22H17N3O2/c23-14-13-19-9-7-17(8-10-19)2-1-16-3-5-18(6-4-16)11-12-20-21(26)22(27)25-15-24-20/h3-10,15,26H,11-13H2,(H,24,25,27). The summed E-state index contributed by atoms with van der Waals surface area (Å²) in [7, 11) is 0. The highest BCUT2D eigenvalue weighted by atomic mass is 16.3. The topological polar surface area (TPSA) is 89.8 Å². The molecule has 0 spiro atoms. The van der Waals surface area contributed by atoms with E-state index >= 15 is 0 Å². The molecule has 0 unspecified atom stereocenters. The minimum Gasteiger partial charge on any atom is -0.502 e. The Kier molecular flexibility index (Phi) is 5.67. The first kappa shape index (κ1) is 18.0. The van der Waals surface area contributed by atoms with Crippen molar-refractivity contribution in [2.45, 2.75) is 19.3 Å². The Morgan fingerprint density at radius 3 is 2.11 bits per heavy atom. The third-order valence-corrected chi connectivity index (χ3v) is 4.10. The van der Waals surface area contributed by atoms with Crippen LogP contribution in [0.2, 0.25) is 0 Å². The average Bonchev–Trinajstić information content (AvgIpc) is 2.70. The number of hydrogen-bond acceptors (Lipinski definition) is 4. The van der Waals surface area contributed by atoms with Crippen LogP contribution in [-0.4, -0.2) is 15.1 Å². The average molecular weight is 355 g/mol. The summed E-state index contributed by atoms with van der Waals surface area (Å²) in [6.07, 6.45) is 2.84. The predicted octanol–water partition coefficient (Wildman–Crippen LogP) is 2.73. The third kappa shape index (κ3) is 4.84. The molecule has 0 radical (unpaired) electrons. The van der Waals surface area contributed by atoms with Crippen LogP contribution in [0.3, 0.4) is 0 Å². The number of H-pyrrole nitrogens is 1. The minimum atomic E-state index is -0.522. The van der Waals surface area contributed by atoms with Crippen molar-refractivity contribution in [1.29, 1.82) is 5.26 Å². The Balaban J connectivity index is 1.63. The predicted molar refractivity (Wildman–Crippen MR) is 102 cm³/mol. The zero-order valence-electron chi connectivity index (χ0n) is 14.6. The molecule has 2 N–H and O–H groups in total. The van der Waals surface area contributed by atoms with Gasteiger partial charge in [-0.3, -0.25) is 4.79 Å². The van der Waals surface area contributed by atoms with Gasteiger partial charge in [-0.15, -0.1) is 0 Å². The van der Waals surface area contributed by atoms with E-state index in [4.69, 9.17) is 5.26 Å². The molecule has 0 saturated heterocycles. The van der Waals surface area contributed by atoms with Crippen molar-refractivity contribution < 1.29 is 5.11 Å². The molecule has 1 aromatic heterocycles. The Morgan fingerprint density at radius 2 is 1.52 bits per heavy atom. The second-order valence-corrected chi connectivity index (χ2v) is 6.01. The van der Waals surface area contributed by atoms with Crippen molar-refractivity contribution in [3.05, 3.63) is 93.2 Å². The molecule has 3 rings (SSSR count). The molecule has 132 valence electrons. The number of aryl methyl sites for hydroxylation is 2. The lowest BCUT2D eigenvalue weighted by Crippen LogP contribution is -2.09. The van der Waals surface area contributed by atoms with E-state index in [-0.39, 0.29) is 5.75 Å². The number of nitrogens with one attached hydrogen (secondary N) is 1. The van der Waals surface area contributed by atoms with Gasteiger partial charge < -0.3 is 10.1 Å². The zero-order valence-corrected chi connectivity index (χ0v) is 14.6. The molecular formula is C22H17N3O2. The van der Waals surface area contributed by atoms with E-state index < -0.39 is 5.56 Å². The van der Waals surface area contributed by atoms with Crippen LogP contribution >= 0.6 is 0 Å². The van der Waals surface area contributed by atoms with Crippen LogP contribution in [-0.2, 0) is 19.3 Å². The van der Waals surface area contributed by atoms with Crippen molar-refractivity contribution in [3.63, 3.8) is 0 Å². The van der Waals surface area contributed by atoms with Crippen molar-refractivity contribution >= 4 is 0 Å². The first-order valence-electron chi connectivity index (χ1n) is 8.48. The molecule has 5 heteroatoms. The van der Waals surface area contributed by atoms with Gasteiger partial charge in [0.15, 0.2) is 0 Å². The van der Waals surface area contributed by atoms with E-state index in [2.05, 4.69) is 27.9 Å². The maximum Gasteiger partial charge on any atom is 0.293 e. The van der Waals surface area contributed by atoms with E-state index in [0.29, 0.717) is 25.0 Å². The Labute approximate surface area is 157 Å². The molecule has 1 heterocycles. The summed E-state index contributed by atoms with van der Waals surface area (Å²) in [5, 5.41) is 18.4. The first-order valence-corrected chi connectivity index (χ1v) is 8.48. The first-order chi connectivity index (χ1) is 13.2. The summed E-state index contributed by atoms with van der Waals surface area (Å²) < 4.78 is 0. The second kappa shape index (κ2) is 8.51. The van der Waals surface area contributed by atoms with Crippen LogP contribution < -0.4 is 5.56 Å². The van der Waals surface area contributed by atoms with Gasteiger partial charge in [0.25, 0.3) is 5.56 Å². The monoisotopic (exact) mass is 355 g/mol. The van der Waals surface area contributed by atoms with Gasteiger partial charge in [0, 0.05) is 11.1 Å². The maximum absolute atomic E-state index is 11.4. The summed E-state index contributed by atoms with van der Waals surface area (Å²) in [5.74, 6) is 5.91. The summed E-state index contributed by atoms with van der Waals surface area (Å²) in [4.78, 5) is 17.7. The van der Waals surface area contributed by atoms with E-state index in [0.717, 1.165) is 22.3 Å². The number of aromatic nitrogens is 2. The highest BCUT2D eigenvalue weighted by Crippen LogP contribution is 2.12. The molecule has 0 atom stereocenters. The molecule has 0 fully saturated rings. The molecule has 0 aliphatic rings. The van der Waals surface area contributed by atoms with Crippen LogP contribution in [0.25, 0.3) is 0 Å². The molecular weight excluding hydrogens is 338 g/mol. The third-order valence-electron chi connectivity index (χ3n) is 4.10. The van der Waals surface area contributed by atoms with Gasteiger partial charge in [0.2, 0.25) is 5.75 Å². The zero-order chi connectivity index (χ0) is 19.1. The van der Waals surface area contributed by atoms with Gasteiger partial charge in [-0.25, -0.2) is 4.98 Å². The summed E-state index contributed by atoms with van der Waals surface area (Å²) in [6.45, 7) is 0. The van der Waals surface area contributed by atoms with Crippen LogP contribution in [0.15, 0.2) is 59.7 Å². The van der Waals surface area contributed by atoms with Crippen LogP contribution in [0.1, 0.15) is 27.9 Å². The lowest BCUT2D eigenvalue weighted by molar-refractivity contribution is 0.454. The highest BCUT2D eigenvalue weighted by molar-refractivity contribution is 5.44. The van der Waals surface area contributed by atoms with Gasteiger partial charge in [-0.2, -0.15) is 5.26 Å². The van der Waals surface area contributed by atoms with Gasteiger partial charge in [0.05, 0.1) is 24.5 Å². The fraction of sp³-hybridized carbons (Fsp3) is 0.136. The fourth-order valence-corrected chi connectivity index (χ4v) is 2.57. The minimum absolute atomic E-state index is 0.319. The smallest absolute Gasteiger partial charge is 0.293 e. The number of rotatable bonds is 4. The number of nitriles is 1. The molecule has 0 bridgehead atoms. The number of aromatic hydroxyl groups is 1. The fourth-order valence-electron chi connectivity index (χ4n) is 2.57. The van der Waals surface area contributed by atoms with Crippen molar-refractivity contribution in [1.82, 2.24) is 9.97 Å². The Morgan fingerprint density at radius 1 is 0.926 bits per heavy atom. The van der Waals surface area contributed by atoms with Crippen molar-refractivity contribution in [2.24, 2.45) is 0 Å². The van der Waals surface area contributed by atoms with E-state index in [1.165, 1.54) is 6.33 Å². The van der Waals surface area contributed by atoms with Gasteiger partial charge in [-0.1, -0.05) is 36.1 Å². The largest absolute Gasteiger partial charge is 0.502 e. The molecule has 0 amide bonds. The van der Waals surface area contributed by atoms with Gasteiger partial charge in [0.1, 0.15) is 0 Å². The number of nitrogens with zero attached hydrogens (tertiary/aromatic N) is 2. The molecule has 2 aromatic carbocycles. The van der Waals surface area contributed by atoms with E-state index in [9.17, 15) is 9.90 Å². The molecule has 0 aliphatic heterocycles. The highest BCUT2D eigenvalue weighted by Gasteiger charge is 2.06. The second-order valence-electron chi connectivity index (χ2n) is 6.01. The summed E-state index contributed by atoms with van der Waals surface area (Å²) in [6, 6.07) is 17.6. The lowest BCUT2D eigenvalue weighted by Gasteiger charge is -2.03. The summed E-state index contributed by atoms with van der Waals surface area (Å²) in [5.41, 5.74) is 3.72. The van der Waals surface area contributed by atoms with E-state index in [1.807, 2.05) is 48.5 Å². The Bertz CT molecular complexity index is 1080. The Hall–Kier alpha value is -3.83. The number of benzene rings is 2. The number of aromatic amines is 1. The molecule has 0 aliphatic carbocycles. The number of hydrogen-bond donors (Lipinski definition) is 2. The lowest BCUT2D eigenvalue weighted by atomic mass is 10.1. The van der Waals surface area contributed by atoms with Gasteiger partial charge >= 0.3 is 0 Å². The van der Waals surface area contributed by atoms with Crippen LogP contribution in [0.4, 0.5) is 0 Å². The van der Waals surface area contributed by atoms with Crippen LogP contribution in [0, 0.1) is 23.2 Å². The van der Waals surface area contributed by atoms with Crippen molar-refractivity contribution in [3.8, 4) is 23.7 Å². The summed E-state index contributed by atoms with van der Waals surface area (Å²) >= 11 is 0. The van der Waals surface area contributed by atoms with Gasteiger partial charge in [-0.05, 0) is 48.2 Å². The molecule has 3 aromatic rings. The van der Waals surface area contributed by atoms with Crippen LogP contribution in [0.5, 0.6) is 5.75 Å². The van der Waals surface area contributed by atoms with Crippen molar-refractivity contribution in [2.75, 3.05) is 0 Å². The molecule has 5 nitrogen and oxygen atoms in total. The maximum atomic E-state index is 11.4. The SMILES string of the molecule is N#CCc1ccc(C#Cc2ccc(CCc3nc[nH]c(=O)c3O)cc2)cc1. The normalized spacial score (nSPS) is 9.89. The molecule has 0 saturated carbocycles.